The Hall–Kier alpha value is -1.54. The lowest BCUT2D eigenvalue weighted by Crippen LogP contribution is -1.96. The molecule has 1 atom stereocenters. The van der Waals surface area contributed by atoms with Crippen LogP contribution in [-0.2, 0) is 0 Å². The Balaban J connectivity index is 2.67. The summed E-state index contributed by atoms with van der Waals surface area (Å²) in [6.07, 6.45) is -0.458. The van der Waals surface area contributed by atoms with Gasteiger partial charge in [-0.15, -0.1) is 0 Å². The number of fused-ring (bicyclic) bond motifs is 1. The predicted molar refractivity (Wildman–Crippen MR) is 65.8 cm³/mol. The molecule has 0 bridgehead atoms. The summed E-state index contributed by atoms with van der Waals surface area (Å²) in [6, 6.07) is 11.8. The van der Waals surface area contributed by atoms with Crippen molar-refractivity contribution in [2.24, 2.45) is 0 Å². The normalized spacial score (nSPS) is 12.7. The van der Waals surface area contributed by atoms with Crippen LogP contribution >= 0.6 is 0 Å². The third-order valence-corrected chi connectivity index (χ3v) is 2.67. The molecule has 0 aliphatic carbocycles. The summed E-state index contributed by atoms with van der Waals surface area (Å²) >= 11 is 0. The minimum absolute atomic E-state index is 0.458. The molecule has 0 amide bonds. The average Bonchev–Trinajstić information content (AvgIpc) is 2.29. The van der Waals surface area contributed by atoms with Gasteiger partial charge in [0.2, 0.25) is 0 Å². The van der Waals surface area contributed by atoms with Crippen LogP contribution in [0.25, 0.3) is 10.8 Å². The number of hydrogen-bond donors (Lipinski definition) is 1. The fourth-order valence-electron chi connectivity index (χ4n) is 1.94. The Morgan fingerprint density at radius 3 is 2.44 bits per heavy atom. The Bertz CT molecular complexity index is 489. The molecule has 0 spiro atoms. The van der Waals surface area contributed by atoms with Crippen LogP contribution in [-0.4, -0.2) is 11.7 Å². The first-order valence-electron chi connectivity index (χ1n) is 5.56. The van der Waals surface area contributed by atoms with Gasteiger partial charge >= 0.3 is 0 Å². The van der Waals surface area contributed by atoms with Crippen molar-refractivity contribution in [2.75, 3.05) is 6.61 Å². The van der Waals surface area contributed by atoms with Gasteiger partial charge in [-0.2, -0.15) is 0 Å². The number of rotatable bonds is 3. The van der Waals surface area contributed by atoms with Crippen LogP contribution in [0.15, 0.2) is 36.4 Å². The molecule has 1 N–H and O–H groups in total. The zero-order chi connectivity index (χ0) is 11.5. The topological polar surface area (TPSA) is 29.5 Å². The van der Waals surface area contributed by atoms with E-state index in [1.807, 2.05) is 43.3 Å². The second-order valence-electron chi connectivity index (χ2n) is 3.81. The molecule has 84 valence electrons. The molecular weight excluding hydrogens is 200 g/mol. The van der Waals surface area contributed by atoms with Gasteiger partial charge in [-0.3, -0.25) is 0 Å². The van der Waals surface area contributed by atoms with E-state index in [0.717, 1.165) is 22.1 Å². The Kier molecular flexibility index (Phi) is 3.11. The standard InChI is InChI=1S/C14H16O2/c1-3-16-14-9-8-11(10(2)15)12-6-4-5-7-13(12)14/h4-10,15H,3H2,1-2H3. The van der Waals surface area contributed by atoms with Gasteiger partial charge < -0.3 is 9.84 Å². The number of aliphatic hydroxyl groups is 1. The van der Waals surface area contributed by atoms with Crippen molar-refractivity contribution in [3.63, 3.8) is 0 Å². The number of benzene rings is 2. The van der Waals surface area contributed by atoms with Crippen LogP contribution in [0.5, 0.6) is 5.75 Å². The molecule has 0 aliphatic rings. The second kappa shape index (κ2) is 4.54. The highest BCUT2D eigenvalue weighted by atomic mass is 16.5. The Labute approximate surface area is 95.5 Å². The Morgan fingerprint density at radius 1 is 1.12 bits per heavy atom. The molecule has 0 aliphatic heterocycles. The van der Waals surface area contributed by atoms with Gasteiger partial charge in [-0.25, -0.2) is 0 Å². The SMILES string of the molecule is CCOc1ccc(C(C)O)c2ccccc12. The van der Waals surface area contributed by atoms with Crippen LogP contribution in [0.4, 0.5) is 0 Å². The first-order valence-corrected chi connectivity index (χ1v) is 5.56. The van der Waals surface area contributed by atoms with E-state index < -0.39 is 6.10 Å². The predicted octanol–water partition coefficient (Wildman–Crippen LogP) is 3.29. The van der Waals surface area contributed by atoms with Gasteiger partial charge in [0.15, 0.2) is 0 Å². The molecule has 2 heteroatoms. The van der Waals surface area contributed by atoms with Gasteiger partial charge in [-0.1, -0.05) is 30.3 Å². The molecule has 0 radical (unpaired) electrons. The van der Waals surface area contributed by atoms with E-state index in [0.29, 0.717) is 6.61 Å². The van der Waals surface area contributed by atoms with Crippen LogP contribution in [0.3, 0.4) is 0 Å². The van der Waals surface area contributed by atoms with Crippen molar-refractivity contribution in [3.05, 3.63) is 42.0 Å². The molecule has 0 heterocycles. The largest absolute Gasteiger partial charge is 0.493 e. The number of hydrogen-bond acceptors (Lipinski definition) is 2. The minimum Gasteiger partial charge on any atom is -0.493 e. The van der Waals surface area contributed by atoms with Gasteiger partial charge in [0.1, 0.15) is 5.75 Å². The summed E-state index contributed by atoms with van der Waals surface area (Å²) in [7, 11) is 0. The summed E-state index contributed by atoms with van der Waals surface area (Å²) in [5, 5.41) is 11.8. The molecule has 1 unspecified atom stereocenters. The lowest BCUT2D eigenvalue weighted by molar-refractivity contribution is 0.201. The van der Waals surface area contributed by atoms with Crippen molar-refractivity contribution in [2.45, 2.75) is 20.0 Å². The van der Waals surface area contributed by atoms with E-state index in [-0.39, 0.29) is 0 Å². The van der Waals surface area contributed by atoms with Crippen molar-refractivity contribution < 1.29 is 9.84 Å². The quantitative estimate of drug-likeness (QED) is 0.853. The molecule has 2 nitrogen and oxygen atoms in total. The van der Waals surface area contributed by atoms with Crippen LogP contribution in [0.1, 0.15) is 25.5 Å². The maximum Gasteiger partial charge on any atom is 0.127 e. The molecule has 2 aromatic rings. The average molecular weight is 216 g/mol. The molecule has 0 aromatic heterocycles. The van der Waals surface area contributed by atoms with Crippen molar-refractivity contribution >= 4 is 10.8 Å². The summed E-state index contributed by atoms with van der Waals surface area (Å²) in [6.45, 7) is 4.40. The van der Waals surface area contributed by atoms with Gasteiger partial charge in [0, 0.05) is 5.39 Å². The number of ether oxygens (including phenoxy) is 1. The maximum absolute atomic E-state index is 9.70. The van der Waals surface area contributed by atoms with Gasteiger partial charge in [0.25, 0.3) is 0 Å². The van der Waals surface area contributed by atoms with Gasteiger partial charge in [0.05, 0.1) is 12.7 Å². The van der Waals surface area contributed by atoms with Crippen molar-refractivity contribution in [3.8, 4) is 5.75 Å². The molecule has 0 fully saturated rings. The smallest absolute Gasteiger partial charge is 0.127 e. The summed E-state index contributed by atoms with van der Waals surface area (Å²) in [4.78, 5) is 0. The highest BCUT2D eigenvalue weighted by Gasteiger charge is 2.09. The molecule has 2 rings (SSSR count). The zero-order valence-corrected chi connectivity index (χ0v) is 9.60. The van der Waals surface area contributed by atoms with Crippen LogP contribution in [0, 0.1) is 0 Å². The fraction of sp³-hybridized carbons (Fsp3) is 0.286. The second-order valence-corrected chi connectivity index (χ2v) is 3.81. The Morgan fingerprint density at radius 2 is 1.81 bits per heavy atom. The van der Waals surface area contributed by atoms with Crippen LogP contribution < -0.4 is 4.74 Å². The molecular formula is C14H16O2. The van der Waals surface area contributed by atoms with Gasteiger partial charge in [-0.05, 0) is 30.9 Å². The highest BCUT2D eigenvalue weighted by Crippen LogP contribution is 2.31. The molecule has 0 saturated heterocycles. The molecule has 2 aromatic carbocycles. The lowest BCUT2D eigenvalue weighted by Gasteiger charge is -2.13. The monoisotopic (exact) mass is 216 g/mol. The van der Waals surface area contributed by atoms with E-state index in [9.17, 15) is 5.11 Å². The number of aliphatic hydroxyl groups excluding tert-OH is 1. The highest BCUT2D eigenvalue weighted by molar-refractivity contribution is 5.91. The first kappa shape index (κ1) is 11.0. The van der Waals surface area contributed by atoms with E-state index in [2.05, 4.69) is 0 Å². The summed E-state index contributed by atoms with van der Waals surface area (Å²) in [5.74, 6) is 0.877. The van der Waals surface area contributed by atoms with E-state index in [1.54, 1.807) is 6.92 Å². The van der Waals surface area contributed by atoms with E-state index >= 15 is 0 Å². The third kappa shape index (κ3) is 1.89. The maximum atomic E-state index is 9.70. The minimum atomic E-state index is -0.458. The summed E-state index contributed by atoms with van der Waals surface area (Å²) < 4.78 is 5.57. The summed E-state index contributed by atoms with van der Waals surface area (Å²) in [5.41, 5.74) is 0.944. The van der Waals surface area contributed by atoms with E-state index in [1.165, 1.54) is 0 Å². The fourth-order valence-corrected chi connectivity index (χ4v) is 1.94. The molecule has 0 saturated carbocycles. The van der Waals surface area contributed by atoms with Crippen molar-refractivity contribution in [1.29, 1.82) is 0 Å². The van der Waals surface area contributed by atoms with E-state index in [4.69, 9.17) is 4.74 Å². The third-order valence-electron chi connectivity index (χ3n) is 2.67. The van der Waals surface area contributed by atoms with Crippen LogP contribution in [0.2, 0.25) is 0 Å². The first-order chi connectivity index (χ1) is 7.74. The van der Waals surface area contributed by atoms with Crippen molar-refractivity contribution in [1.82, 2.24) is 0 Å². The molecule has 16 heavy (non-hydrogen) atoms. The zero-order valence-electron chi connectivity index (χ0n) is 9.60. The lowest BCUT2D eigenvalue weighted by atomic mass is 10.0.